The highest BCUT2D eigenvalue weighted by molar-refractivity contribution is 7.71. The standard InChI is InChI=1S/C29H24N2O2S/c1-32-25-17-13-23(14-18-25)30-27(21-9-5-3-6-10-21)28(22-11-7-4-8-12-22)31(29(30)34)24-15-19-26(33-2)20-16-24/h3-20H,1-2H3. The number of aromatic nitrogens is 2. The number of methoxy groups -OCH3 is 2. The molecular formula is C29H24N2O2S. The smallest absolute Gasteiger partial charge is 0.190 e. The molecule has 34 heavy (non-hydrogen) atoms. The number of hydrogen-bond acceptors (Lipinski definition) is 3. The summed E-state index contributed by atoms with van der Waals surface area (Å²) in [4.78, 5) is 0. The minimum Gasteiger partial charge on any atom is -0.497 e. The van der Waals surface area contributed by atoms with Gasteiger partial charge in [0.05, 0.1) is 25.6 Å². The summed E-state index contributed by atoms with van der Waals surface area (Å²) in [6, 6.07) is 36.7. The van der Waals surface area contributed by atoms with Crippen molar-refractivity contribution >= 4 is 12.2 Å². The zero-order valence-electron chi connectivity index (χ0n) is 19.0. The molecule has 0 unspecified atom stereocenters. The molecule has 0 aliphatic rings. The normalized spacial score (nSPS) is 10.8. The molecule has 1 aromatic heterocycles. The number of rotatable bonds is 6. The first-order valence-electron chi connectivity index (χ1n) is 11.0. The molecule has 4 aromatic carbocycles. The van der Waals surface area contributed by atoms with E-state index in [1.807, 2.05) is 60.7 Å². The summed E-state index contributed by atoms with van der Waals surface area (Å²) < 4.78 is 15.7. The molecule has 5 aromatic rings. The second-order valence-electron chi connectivity index (χ2n) is 7.78. The largest absolute Gasteiger partial charge is 0.497 e. The van der Waals surface area contributed by atoms with Crippen LogP contribution in [0.3, 0.4) is 0 Å². The first-order valence-corrected chi connectivity index (χ1v) is 11.4. The highest BCUT2D eigenvalue weighted by atomic mass is 32.1. The van der Waals surface area contributed by atoms with Gasteiger partial charge in [-0.1, -0.05) is 60.7 Å². The van der Waals surface area contributed by atoms with Crippen LogP contribution in [-0.2, 0) is 0 Å². The SMILES string of the molecule is COc1ccc(-n2c(-c3ccccc3)c(-c3ccccc3)n(-c3ccc(OC)cc3)c2=S)cc1. The Morgan fingerprint density at radius 1 is 0.500 bits per heavy atom. The molecule has 4 nitrogen and oxygen atoms in total. The second kappa shape index (κ2) is 9.41. The fourth-order valence-electron chi connectivity index (χ4n) is 4.17. The van der Waals surface area contributed by atoms with E-state index in [0.717, 1.165) is 45.4 Å². The molecule has 0 aliphatic carbocycles. The molecule has 5 heteroatoms. The van der Waals surface area contributed by atoms with E-state index in [2.05, 4.69) is 57.7 Å². The molecule has 0 saturated carbocycles. The molecule has 0 spiro atoms. The minimum absolute atomic E-state index is 0.674. The predicted molar refractivity (Wildman–Crippen MR) is 140 cm³/mol. The van der Waals surface area contributed by atoms with Crippen LogP contribution in [0.25, 0.3) is 33.9 Å². The van der Waals surface area contributed by atoms with Gasteiger partial charge in [-0.25, -0.2) is 0 Å². The summed E-state index contributed by atoms with van der Waals surface area (Å²) in [6.07, 6.45) is 0. The molecule has 168 valence electrons. The van der Waals surface area contributed by atoms with Crippen molar-refractivity contribution in [3.63, 3.8) is 0 Å². The third kappa shape index (κ3) is 3.91. The summed E-state index contributed by atoms with van der Waals surface area (Å²) >= 11 is 6.15. The predicted octanol–water partition coefficient (Wildman–Crippen LogP) is 7.35. The second-order valence-corrected chi connectivity index (χ2v) is 8.14. The summed E-state index contributed by atoms with van der Waals surface area (Å²) in [7, 11) is 3.34. The Hall–Kier alpha value is -4.09. The van der Waals surface area contributed by atoms with Crippen LogP contribution in [0.2, 0.25) is 0 Å². The molecule has 0 radical (unpaired) electrons. The van der Waals surface area contributed by atoms with Gasteiger partial charge in [0.1, 0.15) is 11.5 Å². The monoisotopic (exact) mass is 464 g/mol. The van der Waals surface area contributed by atoms with E-state index in [1.54, 1.807) is 14.2 Å². The first-order chi connectivity index (χ1) is 16.7. The summed E-state index contributed by atoms with van der Waals surface area (Å²) in [5.41, 5.74) is 6.14. The van der Waals surface area contributed by atoms with Gasteiger partial charge in [-0.15, -0.1) is 0 Å². The fourth-order valence-corrected chi connectivity index (χ4v) is 4.56. The quantitative estimate of drug-likeness (QED) is 0.246. The minimum atomic E-state index is 0.674. The lowest BCUT2D eigenvalue weighted by molar-refractivity contribution is 0.414. The van der Waals surface area contributed by atoms with E-state index >= 15 is 0 Å². The Kier molecular flexibility index (Phi) is 6.02. The van der Waals surface area contributed by atoms with Gasteiger partial charge in [-0.05, 0) is 60.7 Å². The highest BCUT2D eigenvalue weighted by Crippen LogP contribution is 2.38. The lowest BCUT2D eigenvalue weighted by Crippen LogP contribution is -1.99. The van der Waals surface area contributed by atoms with Crippen molar-refractivity contribution in [1.29, 1.82) is 0 Å². The zero-order valence-corrected chi connectivity index (χ0v) is 19.8. The van der Waals surface area contributed by atoms with Crippen LogP contribution in [0.4, 0.5) is 0 Å². The molecule has 0 N–H and O–H groups in total. The zero-order chi connectivity index (χ0) is 23.5. The van der Waals surface area contributed by atoms with Crippen molar-refractivity contribution in [2.75, 3.05) is 14.2 Å². The van der Waals surface area contributed by atoms with Crippen LogP contribution in [0.1, 0.15) is 0 Å². The van der Waals surface area contributed by atoms with Crippen LogP contribution in [0.5, 0.6) is 11.5 Å². The number of imidazole rings is 1. The Morgan fingerprint density at radius 2 is 0.853 bits per heavy atom. The average molecular weight is 465 g/mol. The first kappa shape index (κ1) is 21.7. The topological polar surface area (TPSA) is 28.3 Å². The number of benzene rings is 4. The van der Waals surface area contributed by atoms with Crippen molar-refractivity contribution in [2.45, 2.75) is 0 Å². The lowest BCUT2D eigenvalue weighted by atomic mass is 10.0. The molecule has 1 heterocycles. The van der Waals surface area contributed by atoms with Crippen molar-refractivity contribution in [2.24, 2.45) is 0 Å². The molecule has 5 rings (SSSR count). The molecule has 0 amide bonds. The Balaban J connectivity index is 1.89. The van der Waals surface area contributed by atoms with Crippen LogP contribution < -0.4 is 9.47 Å². The van der Waals surface area contributed by atoms with Crippen LogP contribution in [0.15, 0.2) is 109 Å². The fraction of sp³-hybridized carbons (Fsp3) is 0.0690. The van der Waals surface area contributed by atoms with Crippen LogP contribution in [-0.4, -0.2) is 23.4 Å². The van der Waals surface area contributed by atoms with Crippen molar-refractivity contribution in [3.8, 4) is 45.4 Å². The molecule has 0 saturated heterocycles. The van der Waals surface area contributed by atoms with Crippen molar-refractivity contribution < 1.29 is 9.47 Å². The van der Waals surface area contributed by atoms with Gasteiger partial charge in [0.25, 0.3) is 0 Å². The molecule has 0 aliphatic heterocycles. The van der Waals surface area contributed by atoms with Gasteiger partial charge in [0.15, 0.2) is 4.77 Å². The Bertz CT molecular complexity index is 1340. The van der Waals surface area contributed by atoms with E-state index in [-0.39, 0.29) is 0 Å². The van der Waals surface area contributed by atoms with E-state index in [4.69, 9.17) is 21.7 Å². The maximum absolute atomic E-state index is 6.15. The van der Waals surface area contributed by atoms with Crippen molar-refractivity contribution in [3.05, 3.63) is 114 Å². The Labute approximate surface area is 204 Å². The van der Waals surface area contributed by atoms with Gasteiger partial charge < -0.3 is 9.47 Å². The third-order valence-electron chi connectivity index (χ3n) is 5.81. The van der Waals surface area contributed by atoms with Gasteiger partial charge >= 0.3 is 0 Å². The number of nitrogens with zero attached hydrogens (tertiary/aromatic N) is 2. The molecular weight excluding hydrogens is 440 g/mol. The van der Waals surface area contributed by atoms with Gasteiger partial charge in [-0.3, -0.25) is 9.13 Å². The maximum Gasteiger partial charge on any atom is 0.190 e. The van der Waals surface area contributed by atoms with Crippen molar-refractivity contribution in [1.82, 2.24) is 9.13 Å². The Morgan fingerprint density at radius 3 is 1.18 bits per heavy atom. The van der Waals surface area contributed by atoms with E-state index in [9.17, 15) is 0 Å². The van der Waals surface area contributed by atoms with Gasteiger partial charge in [-0.2, -0.15) is 0 Å². The number of ether oxygens (including phenoxy) is 2. The highest BCUT2D eigenvalue weighted by Gasteiger charge is 2.22. The van der Waals surface area contributed by atoms with E-state index in [1.165, 1.54) is 0 Å². The molecule has 0 bridgehead atoms. The lowest BCUT2D eigenvalue weighted by Gasteiger charge is -2.13. The maximum atomic E-state index is 6.15. The summed E-state index contributed by atoms with van der Waals surface area (Å²) in [6.45, 7) is 0. The summed E-state index contributed by atoms with van der Waals surface area (Å²) in [5, 5.41) is 0. The van der Waals surface area contributed by atoms with Crippen LogP contribution >= 0.6 is 12.2 Å². The average Bonchev–Trinajstić information content (AvgIpc) is 3.22. The third-order valence-corrected chi connectivity index (χ3v) is 6.17. The van der Waals surface area contributed by atoms with Gasteiger partial charge in [0.2, 0.25) is 0 Å². The number of hydrogen-bond donors (Lipinski definition) is 0. The molecule has 0 atom stereocenters. The summed E-state index contributed by atoms with van der Waals surface area (Å²) in [5.74, 6) is 1.60. The van der Waals surface area contributed by atoms with Crippen LogP contribution in [0, 0.1) is 4.77 Å². The van der Waals surface area contributed by atoms with E-state index in [0.29, 0.717) is 4.77 Å². The van der Waals surface area contributed by atoms with Gasteiger partial charge in [0, 0.05) is 22.5 Å². The van der Waals surface area contributed by atoms with E-state index < -0.39 is 0 Å². The molecule has 0 fully saturated rings.